The van der Waals surface area contributed by atoms with Gasteiger partial charge in [0.05, 0.1) is 5.69 Å². The van der Waals surface area contributed by atoms with Crippen molar-refractivity contribution in [3.8, 4) is 22.7 Å². The zero-order valence-electron chi connectivity index (χ0n) is 20.7. The molecule has 178 valence electrons. The van der Waals surface area contributed by atoms with E-state index in [1.165, 1.54) is 5.56 Å². The maximum atomic E-state index is 12.4. The van der Waals surface area contributed by atoms with Gasteiger partial charge in [-0.3, -0.25) is 9.78 Å². The number of rotatable bonds is 8. The number of benzene rings is 1. The van der Waals surface area contributed by atoms with Crippen LogP contribution in [0.4, 0.5) is 0 Å². The van der Waals surface area contributed by atoms with Crippen molar-refractivity contribution in [3.05, 3.63) is 53.2 Å². The summed E-state index contributed by atoms with van der Waals surface area (Å²) in [5.74, 6) is 0.239. The molecule has 1 aromatic carbocycles. The Morgan fingerprint density at radius 3 is 2.50 bits per heavy atom. The number of carbonyl (C=O) groups is 1. The molecule has 0 saturated heterocycles. The Morgan fingerprint density at radius 2 is 1.82 bits per heavy atom. The van der Waals surface area contributed by atoms with Gasteiger partial charge in [-0.05, 0) is 82.7 Å². The molecular formula is C26H32N6O2. The highest BCUT2D eigenvalue weighted by Gasteiger charge is 2.20. The van der Waals surface area contributed by atoms with E-state index in [0.29, 0.717) is 18.4 Å². The molecule has 1 amide bonds. The predicted octanol–water partition coefficient (Wildman–Crippen LogP) is 4.70. The highest BCUT2D eigenvalue weighted by Crippen LogP contribution is 2.37. The molecule has 0 bridgehead atoms. The quantitative estimate of drug-likeness (QED) is 0.370. The number of hydrogen-bond acceptors (Lipinski definition) is 6. The van der Waals surface area contributed by atoms with Crippen molar-refractivity contribution in [2.75, 3.05) is 27.2 Å². The minimum atomic E-state index is -0.353. The van der Waals surface area contributed by atoms with Gasteiger partial charge in [0.2, 0.25) is 5.89 Å². The van der Waals surface area contributed by atoms with Crippen molar-refractivity contribution in [2.24, 2.45) is 0 Å². The molecule has 0 atom stereocenters. The molecule has 3 aromatic heterocycles. The number of amides is 1. The van der Waals surface area contributed by atoms with Gasteiger partial charge in [0.1, 0.15) is 0 Å². The molecule has 0 radical (unpaired) electrons. The summed E-state index contributed by atoms with van der Waals surface area (Å²) in [6.45, 7) is 9.84. The van der Waals surface area contributed by atoms with Crippen LogP contribution in [0.3, 0.4) is 0 Å². The largest absolute Gasteiger partial charge is 0.412 e. The lowest BCUT2D eigenvalue weighted by atomic mass is 9.95. The predicted molar refractivity (Wildman–Crippen MR) is 134 cm³/mol. The number of pyridine rings is 1. The second kappa shape index (κ2) is 9.77. The van der Waals surface area contributed by atoms with Crippen LogP contribution in [0.1, 0.15) is 53.8 Å². The van der Waals surface area contributed by atoms with Gasteiger partial charge < -0.3 is 19.6 Å². The molecular weight excluding hydrogens is 428 g/mol. The molecule has 8 nitrogen and oxygen atoms in total. The maximum Gasteiger partial charge on any atom is 0.308 e. The highest BCUT2D eigenvalue weighted by atomic mass is 16.4. The van der Waals surface area contributed by atoms with Gasteiger partial charge in [0.25, 0.3) is 0 Å². The monoisotopic (exact) mass is 460 g/mol. The summed E-state index contributed by atoms with van der Waals surface area (Å²) in [4.78, 5) is 22.6. The van der Waals surface area contributed by atoms with Gasteiger partial charge in [-0.25, -0.2) is 0 Å². The summed E-state index contributed by atoms with van der Waals surface area (Å²) >= 11 is 0. The Morgan fingerprint density at radius 1 is 1.09 bits per heavy atom. The third-order valence-electron chi connectivity index (χ3n) is 5.72. The number of hydrogen-bond donors (Lipinski definition) is 2. The van der Waals surface area contributed by atoms with Crippen LogP contribution < -0.4 is 5.32 Å². The molecule has 0 spiro atoms. The zero-order valence-corrected chi connectivity index (χ0v) is 20.7. The van der Waals surface area contributed by atoms with Crippen LogP contribution in [-0.4, -0.2) is 58.2 Å². The summed E-state index contributed by atoms with van der Waals surface area (Å²) < 4.78 is 5.72. The van der Waals surface area contributed by atoms with E-state index < -0.39 is 0 Å². The van der Waals surface area contributed by atoms with Crippen molar-refractivity contribution in [2.45, 2.75) is 40.0 Å². The van der Waals surface area contributed by atoms with Gasteiger partial charge in [-0.1, -0.05) is 13.8 Å². The van der Waals surface area contributed by atoms with Crippen LogP contribution in [0.25, 0.3) is 33.6 Å². The zero-order chi connectivity index (χ0) is 24.4. The van der Waals surface area contributed by atoms with Crippen molar-refractivity contribution < 1.29 is 9.21 Å². The first kappa shape index (κ1) is 23.6. The Kier molecular flexibility index (Phi) is 6.79. The van der Waals surface area contributed by atoms with E-state index in [2.05, 4.69) is 62.4 Å². The van der Waals surface area contributed by atoms with Gasteiger partial charge >= 0.3 is 11.8 Å². The summed E-state index contributed by atoms with van der Waals surface area (Å²) in [6, 6.07) is 10.2. The number of aryl methyl sites for hydroxylation is 2. The molecule has 0 saturated carbocycles. The number of carbonyl (C=O) groups excluding carboxylic acids is 1. The average Bonchev–Trinajstić information content (AvgIpc) is 3.40. The van der Waals surface area contributed by atoms with E-state index in [0.717, 1.165) is 52.1 Å². The summed E-state index contributed by atoms with van der Waals surface area (Å²) in [5.41, 5.74) is 7.23. The number of aromatic amines is 1. The lowest BCUT2D eigenvalue weighted by Crippen LogP contribution is -2.27. The van der Waals surface area contributed by atoms with Crippen molar-refractivity contribution in [1.29, 1.82) is 0 Å². The van der Waals surface area contributed by atoms with Crippen molar-refractivity contribution in [3.63, 3.8) is 0 Å². The van der Waals surface area contributed by atoms with E-state index in [9.17, 15) is 4.79 Å². The van der Waals surface area contributed by atoms with Crippen LogP contribution in [0.2, 0.25) is 0 Å². The lowest BCUT2D eigenvalue weighted by molar-refractivity contribution is 0.0918. The van der Waals surface area contributed by atoms with Crippen LogP contribution >= 0.6 is 0 Å². The van der Waals surface area contributed by atoms with Crippen LogP contribution in [0.5, 0.6) is 0 Å². The Bertz CT molecular complexity index is 1300. The van der Waals surface area contributed by atoms with Gasteiger partial charge in [0, 0.05) is 40.0 Å². The number of nitrogens with zero attached hydrogens (tertiary/aromatic N) is 4. The summed E-state index contributed by atoms with van der Waals surface area (Å²) in [5, 5.41) is 12.0. The Hall–Kier alpha value is -3.52. The molecule has 34 heavy (non-hydrogen) atoms. The first-order chi connectivity index (χ1) is 16.2. The SMILES string of the molecule is Cc1cc(-c2[nH]c3ccc(-c4nnc(C(=O)NCCCN(C)C)o4)cc3c2C(C)C)cc(C)n1. The van der Waals surface area contributed by atoms with E-state index in [-0.39, 0.29) is 11.8 Å². The molecule has 0 aliphatic heterocycles. The van der Waals surface area contributed by atoms with Gasteiger partial charge in [0.15, 0.2) is 0 Å². The molecule has 4 rings (SSSR count). The summed E-state index contributed by atoms with van der Waals surface area (Å²) in [7, 11) is 4.00. The van der Waals surface area contributed by atoms with E-state index in [4.69, 9.17) is 4.42 Å². The lowest BCUT2D eigenvalue weighted by Gasteiger charge is -2.10. The number of H-pyrrole nitrogens is 1. The molecule has 4 aromatic rings. The number of fused-ring (bicyclic) bond motifs is 1. The maximum absolute atomic E-state index is 12.4. The van der Waals surface area contributed by atoms with Crippen LogP contribution in [-0.2, 0) is 0 Å². The van der Waals surface area contributed by atoms with Crippen molar-refractivity contribution >= 4 is 16.8 Å². The van der Waals surface area contributed by atoms with Gasteiger partial charge in [-0.15, -0.1) is 10.2 Å². The second-order valence-electron chi connectivity index (χ2n) is 9.29. The van der Waals surface area contributed by atoms with Gasteiger partial charge in [-0.2, -0.15) is 0 Å². The molecule has 0 unspecified atom stereocenters. The third kappa shape index (κ3) is 5.02. The topological polar surface area (TPSA) is 99.9 Å². The fourth-order valence-electron chi connectivity index (χ4n) is 4.26. The Labute approximate surface area is 199 Å². The fourth-order valence-corrected chi connectivity index (χ4v) is 4.26. The minimum Gasteiger partial charge on any atom is -0.412 e. The molecule has 8 heteroatoms. The molecule has 0 aliphatic rings. The molecule has 0 aliphatic carbocycles. The first-order valence-electron chi connectivity index (χ1n) is 11.6. The van der Waals surface area contributed by atoms with Crippen LogP contribution in [0, 0.1) is 13.8 Å². The minimum absolute atomic E-state index is 0.0264. The fraction of sp³-hybridized carbons (Fsp3) is 0.385. The third-order valence-corrected chi connectivity index (χ3v) is 5.72. The standard InChI is InChI=1S/C26H32N6O2/c1-15(2)22-20-14-18(25-30-31-26(34-25)24(33)27-10-7-11-32(5)6)8-9-21(20)29-23(22)19-12-16(3)28-17(4)13-19/h8-9,12-15,29H,7,10-11H2,1-6H3,(H,27,33). The molecule has 2 N–H and O–H groups in total. The first-order valence-corrected chi connectivity index (χ1v) is 11.6. The van der Waals surface area contributed by atoms with Crippen LogP contribution in [0.15, 0.2) is 34.7 Å². The average molecular weight is 461 g/mol. The molecule has 0 fully saturated rings. The normalized spacial score (nSPS) is 11.6. The van der Waals surface area contributed by atoms with E-state index in [1.54, 1.807) is 0 Å². The van der Waals surface area contributed by atoms with E-state index in [1.807, 2.05) is 40.1 Å². The summed E-state index contributed by atoms with van der Waals surface area (Å²) in [6.07, 6.45) is 0.848. The highest BCUT2D eigenvalue weighted by molar-refractivity contribution is 5.94. The Balaban J connectivity index is 1.64. The number of nitrogens with one attached hydrogen (secondary N) is 2. The molecule has 3 heterocycles. The second-order valence-corrected chi connectivity index (χ2v) is 9.29. The smallest absolute Gasteiger partial charge is 0.308 e. The van der Waals surface area contributed by atoms with Crippen molar-refractivity contribution in [1.82, 2.24) is 30.4 Å². The number of aromatic nitrogens is 4. The van der Waals surface area contributed by atoms with E-state index >= 15 is 0 Å².